The van der Waals surface area contributed by atoms with Gasteiger partial charge in [-0.2, -0.15) is 0 Å². The van der Waals surface area contributed by atoms with Crippen molar-refractivity contribution in [2.75, 3.05) is 12.4 Å². The zero-order valence-corrected chi connectivity index (χ0v) is 12.9. The first-order valence-electron chi connectivity index (χ1n) is 6.72. The third-order valence-electron chi connectivity index (χ3n) is 3.05. The molecule has 4 heteroatoms. The average molecular weight is 302 g/mol. The van der Waals surface area contributed by atoms with Crippen LogP contribution in [0.4, 0.5) is 0 Å². The molecule has 110 valence electrons. The van der Waals surface area contributed by atoms with E-state index in [2.05, 4.69) is 12.1 Å². The summed E-state index contributed by atoms with van der Waals surface area (Å²) in [5, 5.41) is 8.84. The predicted octanol–water partition coefficient (Wildman–Crippen LogP) is 4.17. The van der Waals surface area contributed by atoms with E-state index in [0.29, 0.717) is 12.2 Å². The lowest BCUT2D eigenvalue weighted by atomic mass is 10.1. The molecule has 0 saturated carbocycles. The van der Waals surface area contributed by atoms with Crippen molar-refractivity contribution in [1.82, 2.24) is 0 Å². The molecule has 0 radical (unpaired) electrons. The number of rotatable bonds is 6. The van der Waals surface area contributed by atoms with Crippen LogP contribution < -0.4 is 4.74 Å². The molecule has 0 spiro atoms. The molecule has 0 fully saturated rings. The number of carboxylic acids is 1. The van der Waals surface area contributed by atoms with E-state index in [0.717, 1.165) is 22.0 Å². The van der Waals surface area contributed by atoms with Gasteiger partial charge in [0.1, 0.15) is 5.75 Å². The number of hydrogen-bond acceptors (Lipinski definition) is 3. The number of ether oxygens (including phenoxy) is 1. The first-order chi connectivity index (χ1) is 10.1. The second-order valence-electron chi connectivity index (χ2n) is 4.80. The van der Waals surface area contributed by atoms with Gasteiger partial charge in [-0.15, -0.1) is 11.8 Å². The molecule has 21 heavy (non-hydrogen) atoms. The van der Waals surface area contributed by atoms with Gasteiger partial charge in [0.25, 0.3) is 0 Å². The van der Waals surface area contributed by atoms with Gasteiger partial charge in [-0.05, 0) is 55.3 Å². The lowest BCUT2D eigenvalue weighted by Crippen LogP contribution is -2.01. The Hall–Kier alpha value is -1.94. The maximum absolute atomic E-state index is 10.8. The van der Waals surface area contributed by atoms with E-state index in [9.17, 15) is 4.79 Å². The summed E-state index contributed by atoms with van der Waals surface area (Å²) >= 11 is 1.65. The molecule has 2 rings (SSSR count). The molecule has 0 bridgehead atoms. The SMILES string of the molecule is Cc1ccc(C)c(OCCSc2ccc(C(=O)O)cc2)c1. The number of hydrogen-bond donors (Lipinski definition) is 1. The Morgan fingerprint density at radius 3 is 2.52 bits per heavy atom. The van der Waals surface area contributed by atoms with Gasteiger partial charge < -0.3 is 9.84 Å². The van der Waals surface area contributed by atoms with Crippen LogP contribution in [0.15, 0.2) is 47.4 Å². The van der Waals surface area contributed by atoms with E-state index in [1.165, 1.54) is 5.56 Å². The molecule has 2 aromatic rings. The van der Waals surface area contributed by atoms with Crippen molar-refractivity contribution in [2.24, 2.45) is 0 Å². The fraction of sp³-hybridized carbons (Fsp3) is 0.235. The highest BCUT2D eigenvalue weighted by Gasteiger charge is 2.03. The number of carboxylic acid groups (broad SMARTS) is 1. The molecule has 0 amide bonds. The van der Waals surface area contributed by atoms with Crippen LogP contribution in [0.3, 0.4) is 0 Å². The summed E-state index contributed by atoms with van der Waals surface area (Å²) in [6.45, 7) is 4.70. The highest BCUT2D eigenvalue weighted by atomic mass is 32.2. The van der Waals surface area contributed by atoms with Crippen molar-refractivity contribution in [1.29, 1.82) is 0 Å². The molecular formula is C17H18O3S. The van der Waals surface area contributed by atoms with Gasteiger partial charge in [-0.25, -0.2) is 4.79 Å². The lowest BCUT2D eigenvalue weighted by molar-refractivity contribution is 0.0697. The van der Waals surface area contributed by atoms with Crippen molar-refractivity contribution in [3.05, 3.63) is 59.2 Å². The summed E-state index contributed by atoms with van der Waals surface area (Å²) in [5.41, 5.74) is 2.63. The second-order valence-corrected chi connectivity index (χ2v) is 5.96. The van der Waals surface area contributed by atoms with E-state index < -0.39 is 5.97 Å². The third-order valence-corrected chi connectivity index (χ3v) is 4.03. The lowest BCUT2D eigenvalue weighted by Gasteiger charge is -2.09. The molecular weight excluding hydrogens is 284 g/mol. The molecule has 0 aliphatic heterocycles. The van der Waals surface area contributed by atoms with Crippen molar-refractivity contribution in [3.63, 3.8) is 0 Å². The Labute approximate surface area is 129 Å². The molecule has 0 saturated heterocycles. The second kappa shape index (κ2) is 7.18. The van der Waals surface area contributed by atoms with Gasteiger partial charge >= 0.3 is 5.97 Å². The summed E-state index contributed by atoms with van der Waals surface area (Å²) in [6.07, 6.45) is 0. The summed E-state index contributed by atoms with van der Waals surface area (Å²) in [6, 6.07) is 13.1. The smallest absolute Gasteiger partial charge is 0.335 e. The summed E-state index contributed by atoms with van der Waals surface area (Å²) < 4.78 is 5.79. The minimum Gasteiger partial charge on any atom is -0.492 e. The normalized spacial score (nSPS) is 10.4. The first-order valence-corrected chi connectivity index (χ1v) is 7.71. The zero-order valence-electron chi connectivity index (χ0n) is 12.1. The Bertz CT molecular complexity index is 620. The van der Waals surface area contributed by atoms with Gasteiger partial charge in [0.05, 0.1) is 12.2 Å². The molecule has 0 unspecified atom stereocenters. The van der Waals surface area contributed by atoms with E-state index >= 15 is 0 Å². The molecule has 0 aliphatic rings. The highest BCUT2D eigenvalue weighted by Crippen LogP contribution is 2.21. The third kappa shape index (κ3) is 4.53. The maximum atomic E-state index is 10.8. The van der Waals surface area contributed by atoms with Gasteiger partial charge in [0.15, 0.2) is 0 Å². The number of benzene rings is 2. The Kier molecular flexibility index (Phi) is 5.28. The van der Waals surface area contributed by atoms with Crippen molar-refractivity contribution in [2.45, 2.75) is 18.7 Å². The van der Waals surface area contributed by atoms with Crippen molar-refractivity contribution >= 4 is 17.7 Å². The van der Waals surface area contributed by atoms with Crippen LogP contribution in [0.5, 0.6) is 5.75 Å². The van der Waals surface area contributed by atoms with Crippen LogP contribution in [0.1, 0.15) is 21.5 Å². The molecule has 0 heterocycles. The van der Waals surface area contributed by atoms with Crippen LogP contribution in [0.2, 0.25) is 0 Å². The molecule has 1 N–H and O–H groups in total. The molecule has 2 aromatic carbocycles. The van der Waals surface area contributed by atoms with Gasteiger partial charge in [0.2, 0.25) is 0 Å². The summed E-state index contributed by atoms with van der Waals surface area (Å²) in [7, 11) is 0. The Morgan fingerprint density at radius 2 is 1.86 bits per heavy atom. The Morgan fingerprint density at radius 1 is 1.14 bits per heavy atom. The molecule has 3 nitrogen and oxygen atoms in total. The quantitative estimate of drug-likeness (QED) is 0.642. The van der Waals surface area contributed by atoms with E-state index in [-0.39, 0.29) is 0 Å². The van der Waals surface area contributed by atoms with Crippen LogP contribution in [0, 0.1) is 13.8 Å². The van der Waals surface area contributed by atoms with Crippen LogP contribution >= 0.6 is 11.8 Å². The number of aromatic carboxylic acids is 1. The number of aryl methyl sites for hydroxylation is 2. The van der Waals surface area contributed by atoms with E-state index in [4.69, 9.17) is 9.84 Å². The predicted molar refractivity (Wildman–Crippen MR) is 85.5 cm³/mol. The zero-order chi connectivity index (χ0) is 15.2. The standard InChI is InChI=1S/C17H18O3S/c1-12-3-4-13(2)16(11-12)20-9-10-21-15-7-5-14(6-8-15)17(18)19/h3-8,11H,9-10H2,1-2H3,(H,18,19). The monoisotopic (exact) mass is 302 g/mol. The summed E-state index contributed by atoms with van der Waals surface area (Å²) in [5.74, 6) is 0.849. The first kappa shape index (κ1) is 15.4. The van der Waals surface area contributed by atoms with E-state index in [1.807, 2.05) is 32.0 Å². The maximum Gasteiger partial charge on any atom is 0.335 e. The fourth-order valence-corrected chi connectivity index (χ4v) is 2.60. The van der Waals surface area contributed by atoms with Crippen molar-refractivity contribution < 1.29 is 14.6 Å². The van der Waals surface area contributed by atoms with Crippen LogP contribution in [-0.2, 0) is 0 Å². The minimum absolute atomic E-state index is 0.311. The summed E-state index contributed by atoms with van der Waals surface area (Å²) in [4.78, 5) is 11.8. The van der Waals surface area contributed by atoms with Crippen molar-refractivity contribution in [3.8, 4) is 5.75 Å². The number of carbonyl (C=O) groups is 1. The largest absolute Gasteiger partial charge is 0.492 e. The van der Waals surface area contributed by atoms with Gasteiger partial charge in [-0.1, -0.05) is 12.1 Å². The van der Waals surface area contributed by atoms with Crippen LogP contribution in [0.25, 0.3) is 0 Å². The fourth-order valence-electron chi connectivity index (χ4n) is 1.87. The van der Waals surface area contributed by atoms with Crippen LogP contribution in [-0.4, -0.2) is 23.4 Å². The average Bonchev–Trinajstić information content (AvgIpc) is 2.47. The van der Waals surface area contributed by atoms with E-state index in [1.54, 1.807) is 23.9 Å². The topological polar surface area (TPSA) is 46.5 Å². The number of thioether (sulfide) groups is 1. The molecule has 0 aromatic heterocycles. The van der Waals surface area contributed by atoms with Gasteiger partial charge in [0, 0.05) is 10.6 Å². The molecule has 0 atom stereocenters. The molecule has 0 aliphatic carbocycles. The minimum atomic E-state index is -0.898. The Balaban J connectivity index is 1.81. The highest BCUT2D eigenvalue weighted by molar-refractivity contribution is 7.99. The van der Waals surface area contributed by atoms with Gasteiger partial charge in [-0.3, -0.25) is 0 Å².